The fourth-order valence-corrected chi connectivity index (χ4v) is 10.7. The number of hydrogen-bond donors (Lipinski definition) is 0. The minimum absolute atomic E-state index is 0.00974. The fraction of sp³-hybridized carbons (Fsp3) is 0.111. The van der Waals surface area contributed by atoms with Gasteiger partial charge in [-0.15, -0.1) is 0 Å². The van der Waals surface area contributed by atoms with E-state index < -0.39 is 179 Å². The molecule has 0 aliphatic rings. The summed E-state index contributed by atoms with van der Waals surface area (Å²) >= 11 is 0. The molecule has 86 heavy (non-hydrogen) atoms. The summed E-state index contributed by atoms with van der Waals surface area (Å²) < 4.78 is 246. The molecule has 14 rings (SSSR count). The lowest BCUT2D eigenvalue weighted by Gasteiger charge is -2.26. The van der Waals surface area contributed by atoms with Gasteiger partial charge in [0, 0.05) is 32.7 Å². The molecule has 416 valence electrons. The van der Waals surface area contributed by atoms with Gasteiger partial charge < -0.3 is 4.74 Å². The molecule has 11 aromatic carbocycles. The average Bonchev–Trinajstić information content (AvgIpc) is 0.881. The number of imidazole rings is 1. The molecule has 0 atom stereocenters. The molecule has 3 heterocycles. The van der Waals surface area contributed by atoms with E-state index in [4.69, 9.17) is 33.0 Å². The number of para-hydroxylation sites is 1. The number of aromatic nitrogens is 4. The van der Waals surface area contributed by atoms with Gasteiger partial charge in [0.1, 0.15) is 17.3 Å². The Bertz CT molecular complexity index is 6210. The van der Waals surface area contributed by atoms with Crippen LogP contribution in [-0.4, -0.2) is 14.1 Å². The number of rotatable bonds is 11. The first kappa shape index (κ1) is 32.1. The van der Waals surface area contributed by atoms with Crippen molar-refractivity contribution in [3.8, 4) is 95.5 Å². The van der Waals surface area contributed by atoms with Crippen LogP contribution in [0.15, 0.2) is 273 Å². The van der Waals surface area contributed by atoms with Crippen LogP contribution < -0.4 is 9.30 Å². The molecule has 0 unspecified atom stereocenters. The van der Waals surface area contributed by atoms with Gasteiger partial charge in [-0.3, -0.25) is 13.7 Å². The first-order chi connectivity index (χ1) is 52.6. The van der Waals surface area contributed by atoms with E-state index >= 15 is 0 Å². The van der Waals surface area contributed by atoms with Crippen molar-refractivity contribution in [1.82, 2.24) is 14.1 Å². The van der Waals surface area contributed by atoms with Crippen LogP contribution in [0, 0.1) is 13.2 Å². The molecule has 0 spiro atoms. The lowest BCUT2D eigenvalue weighted by atomic mass is 9.80. The molecule has 0 fully saturated rings. The SMILES string of the molecule is [2H]c1c([2H])c([2H])c(-c2ccc3c(c2)n(-c2cccc(Oc4ccc5c6ccccc6n(-c6cc(C([2H])([2H])[2H])c(-c7c([2H])c([2H])c([2H])c([2H])c7[2H])cn6)c5c4)c2)[c-][n+]3-c2c(-c3cccc(C(C)(C)C)c3)cc(C(C)(C)C)cc2-c2c([2H])c(-c3c([2H])c([2H])c([2H])c([2H])c3[2H])c([2H])c(-c3c([2H])c([2H])c([2H])c([2H])c3[2H])c2[2H])c([2H])c1[2H]. The number of aryl methyl sites for hydroxylation is 1. The highest BCUT2D eigenvalue weighted by atomic mass is 16.5. The second kappa shape index (κ2) is 21.7. The zero-order valence-corrected chi connectivity index (χ0v) is 47.4. The van der Waals surface area contributed by atoms with Crippen LogP contribution in [-0.2, 0) is 10.8 Å². The van der Waals surface area contributed by atoms with E-state index in [1.54, 1.807) is 80.4 Å². The number of nitrogens with zero attached hydrogens (tertiary/aromatic N) is 4. The van der Waals surface area contributed by atoms with E-state index in [9.17, 15) is 12.3 Å². The predicted octanol–water partition coefficient (Wildman–Crippen LogP) is 20.9. The maximum absolute atomic E-state index is 10.6. The van der Waals surface area contributed by atoms with E-state index in [2.05, 4.69) is 6.33 Å². The van der Waals surface area contributed by atoms with Crippen molar-refractivity contribution in [3.05, 3.63) is 296 Å². The molecule has 5 nitrogen and oxygen atoms in total. The largest absolute Gasteiger partial charge is 0.458 e. The number of pyridine rings is 1. The van der Waals surface area contributed by atoms with Gasteiger partial charge in [0.2, 0.25) is 0 Å². The second-order valence-electron chi connectivity index (χ2n) is 22.7. The Morgan fingerprint density at radius 3 is 1.71 bits per heavy atom. The minimum atomic E-state index is -2.89. The normalized spacial score (nSPS) is 16.3. The van der Waals surface area contributed by atoms with Gasteiger partial charge in [-0.05, 0) is 162 Å². The molecule has 0 saturated carbocycles. The summed E-state index contributed by atoms with van der Waals surface area (Å²) in [5, 5.41) is 1.43. The number of ether oxygens (including phenoxy) is 1. The maximum Gasteiger partial charge on any atom is 0.269 e. The monoisotopic (exact) mass is 1140 g/mol. The van der Waals surface area contributed by atoms with E-state index in [-0.39, 0.29) is 73.0 Å². The fourth-order valence-electron chi connectivity index (χ4n) is 10.7. The van der Waals surface area contributed by atoms with Crippen molar-refractivity contribution in [2.75, 3.05) is 0 Å². The van der Waals surface area contributed by atoms with Crippen LogP contribution in [0.3, 0.4) is 0 Å². The van der Waals surface area contributed by atoms with Crippen LogP contribution in [0.2, 0.25) is 0 Å². The van der Waals surface area contributed by atoms with Crippen molar-refractivity contribution in [2.24, 2.45) is 0 Å². The summed E-state index contributed by atoms with van der Waals surface area (Å²) in [7, 11) is 0. The third-order valence-corrected chi connectivity index (χ3v) is 15.0. The molecule has 3 aromatic heterocycles. The van der Waals surface area contributed by atoms with Crippen LogP contribution >= 0.6 is 0 Å². The predicted molar refractivity (Wildman–Crippen MR) is 357 cm³/mol. The maximum atomic E-state index is 10.6. The van der Waals surface area contributed by atoms with Crippen LogP contribution in [0.4, 0.5) is 0 Å². The average molecular weight is 1140 g/mol. The summed E-state index contributed by atoms with van der Waals surface area (Å²) in [6.45, 7) is 8.98. The van der Waals surface area contributed by atoms with E-state index in [1.165, 1.54) is 12.3 Å². The molecule has 0 saturated heterocycles. The second-order valence-corrected chi connectivity index (χ2v) is 22.7. The van der Waals surface area contributed by atoms with Gasteiger partial charge in [-0.2, -0.15) is 0 Å². The van der Waals surface area contributed by atoms with Gasteiger partial charge in [-0.1, -0.05) is 235 Å². The smallest absolute Gasteiger partial charge is 0.269 e. The molecule has 14 aromatic rings. The van der Waals surface area contributed by atoms with Gasteiger partial charge in [0.15, 0.2) is 0 Å². The molecular weight excluding hydrogens is 1040 g/mol. The minimum Gasteiger partial charge on any atom is -0.458 e. The van der Waals surface area contributed by atoms with E-state index in [0.29, 0.717) is 38.8 Å². The first-order valence-electron chi connectivity index (χ1n) is 40.6. The Kier molecular flexibility index (Phi) is 8.08. The third-order valence-electron chi connectivity index (χ3n) is 15.0. The number of benzene rings is 11. The highest BCUT2D eigenvalue weighted by molar-refractivity contribution is 6.09. The molecule has 0 bridgehead atoms. The van der Waals surface area contributed by atoms with E-state index in [1.807, 2.05) is 96.1 Å². The zero-order chi connectivity index (χ0) is 81.2. The van der Waals surface area contributed by atoms with Crippen molar-refractivity contribution in [1.29, 1.82) is 0 Å². The first-order valence-corrected chi connectivity index (χ1v) is 27.6. The van der Waals surface area contributed by atoms with Crippen molar-refractivity contribution in [3.63, 3.8) is 0 Å². The number of fused-ring (bicyclic) bond motifs is 4. The van der Waals surface area contributed by atoms with Crippen LogP contribution in [0.5, 0.6) is 11.5 Å². The van der Waals surface area contributed by atoms with Crippen molar-refractivity contribution < 1.29 is 44.9 Å². The highest BCUT2D eigenvalue weighted by Gasteiger charge is 2.27. The van der Waals surface area contributed by atoms with Gasteiger partial charge >= 0.3 is 0 Å². The van der Waals surface area contributed by atoms with Crippen molar-refractivity contribution in [2.45, 2.75) is 59.2 Å². The Balaban J connectivity index is 1.06. The molecule has 0 amide bonds. The standard InChI is InChI=1S/C81H66N4O/c1-54-42-78(82-52-73(54)58-30-18-11-19-31-58)85-74-37-21-20-36-69(74)70-40-39-68(51-76(70)85)86-67-35-23-34-66(50-67)83-53-84(75-41-38-59(47-77(75)83)55-24-12-8-13-25-55)79-71(60-32-22-33-64(46-60)80(2,3)4)48-65(81(5,6)7)49-72(79)63-44-61(56-26-14-9-15-27-56)43-62(45-63)57-28-16-10-17-29-57/h8-52H,1-7H3/i1D3,8D,9D,10D,11D,12D,13D,14D,15D,16D,17D,18D,19D,24D,25D,26D,27D,28D,29D,30D,31D,43D,44D,45D. The van der Waals surface area contributed by atoms with Gasteiger partial charge in [0.05, 0.1) is 65.0 Å². The lowest BCUT2D eigenvalue weighted by Crippen LogP contribution is -2.32. The van der Waals surface area contributed by atoms with E-state index in [0.717, 1.165) is 10.9 Å². The summed E-state index contributed by atoms with van der Waals surface area (Å²) in [6, 6.07) is 20.1. The molecule has 0 aliphatic carbocycles. The van der Waals surface area contributed by atoms with Gasteiger partial charge in [-0.25, -0.2) is 4.98 Å². The number of hydrogen-bond acceptors (Lipinski definition) is 2. The Labute approximate surface area is 540 Å². The Morgan fingerprint density at radius 2 is 1.05 bits per heavy atom. The zero-order valence-electron chi connectivity index (χ0n) is 73.4. The van der Waals surface area contributed by atoms with Crippen molar-refractivity contribution >= 4 is 32.8 Å². The molecule has 0 radical (unpaired) electrons. The summed E-state index contributed by atoms with van der Waals surface area (Å²) in [5.74, 6) is 0.584. The summed E-state index contributed by atoms with van der Waals surface area (Å²) in [5.41, 5.74) is -0.508. The molecule has 0 N–H and O–H groups in total. The quantitative estimate of drug-likeness (QED) is 0.0956. The van der Waals surface area contributed by atoms with Gasteiger partial charge in [0.25, 0.3) is 6.33 Å². The Hall–Kier alpha value is -10.4. The third kappa shape index (κ3) is 10.2. The molecule has 0 aliphatic heterocycles. The topological polar surface area (TPSA) is 35.9 Å². The lowest BCUT2D eigenvalue weighted by molar-refractivity contribution is -0.571. The summed E-state index contributed by atoms with van der Waals surface area (Å²) in [6.07, 6.45) is 4.75. The highest BCUT2D eigenvalue weighted by Crippen LogP contribution is 2.44. The molecule has 5 heteroatoms. The summed E-state index contributed by atoms with van der Waals surface area (Å²) in [4.78, 5) is 4.73. The van der Waals surface area contributed by atoms with Crippen LogP contribution in [0.1, 0.15) is 93.9 Å². The van der Waals surface area contributed by atoms with Crippen LogP contribution in [0.25, 0.3) is 117 Å². The Morgan fingerprint density at radius 1 is 0.453 bits per heavy atom. The molecular formula is C81H66N4O.